The van der Waals surface area contributed by atoms with Gasteiger partial charge in [-0.25, -0.2) is 13.4 Å². The van der Waals surface area contributed by atoms with Crippen LogP contribution in [0.15, 0.2) is 23.4 Å². The Morgan fingerprint density at radius 3 is 2.44 bits per heavy atom. The van der Waals surface area contributed by atoms with Gasteiger partial charge in [0.05, 0.1) is 24.1 Å². The molecule has 0 aromatic carbocycles. The Kier molecular flexibility index (Phi) is 3.56. The smallest absolute Gasteiger partial charge is 0.260 e. The summed E-state index contributed by atoms with van der Waals surface area (Å²) < 4.78 is 31.6. The van der Waals surface area contributed by atoms with Gasteiger partial charge in [0.1, 0.15) is 0 Å². The van der Waals surface area contributed by atoms with Crippen LogP contribution < -0.4 is 5.73 Å². The van der Waals surface area contributed by atoms with Gasteiger partial charge in [0.25, 0.3) is 10.0 Å². The number of morpholine rings is 1. The Labute approximate surface area is 107 Å². The summed E-state index contributed by atoms with van der Waals surface area (Å²) in [5, 5.41) is 0.0259. The zero-order valence-corrected chi connectivity index (χ0v) is 11.2. The lowest BCUT2D eigenvalue weighted by Gasteiger charge is -2.34. The van der Waals surface area contributed by atoms with Crippen molar-refractivity contribution in [2.75, 3.05) is 18.8 Å². The molecule has 2 heterocycles. The largest absolute Gasteiger partial charge is 0.397 e. The number of pyridine rings is 1. The summed E-state index contributed by atoms with van der Waals surface area (Å²) in [4.78, 5) is 3.88. The van der Waals surface area contributed by atoms with Gasteiger partial charge in [-0.05, 0) is 26.0 Å². The zero-order chi connectivity index (χ0) is 13.3. The Morgan fingerprint density at radius 1 is 1.33 bits per heavy atom. The molecule has 2 rings (SSSR count). The predicted molar refractivity (Wildman–Crippen MR) is 67.4 cm³/mol. The molecule has 0 aliphatic carbocycles. The molecule has 18 heavy (non-hydrogen) atoms. The van der Waals surface area contributed by atoms with Crippen molar-refractivity contribution in [2.24, 2.45) is 0 Å². The summed E-state index contributed by atoms with van der Waals surface area (Å²) >= 11 is 0. The van der Waals surface area contributed by atoms with Crippen LogP contribution in [0.5, 0.6) is 0 Å². The number of hydrogen-bond donors (Lipinski definition) is 1. The minimum atomic E-state index is -3.56. The molecule has 0 bridgehead atoms. The highest BCUT2D eigenvalue weighted by molar-refractivity contribution is 7.89. The molecule has 2 N–H and O–H groups in total. The molecule has 1 aromatic heterocycles. The first kappa shape index (κ1) is 13.3. The van der Waals surface area contributed by atoms with Gasteiger partial charge in [-0.15, -0.1) is 0 Å². The first-order valence-corrected chi connectivity index (χ1v) is 7.20. The van der Waals surface area contributed by atoms with Crippen molar-refractivity contribution in [3.63, 3.8) is 0 Å². The summed E-state index contributed by atoms with van der Waals surface area (Å²) in [6.07, 6.45) is 1.12. The van der Waals surface area contributed by atoms with Crippen LogP contribution in [0.25, 0.3) is 0 Å². The highest BCUT2D eigenvalue weighted by Gasteiger charge is 2.32. The second-order valence-electron chi connectivity index (χ2n) is 4.51. The van der Waals surface area contributed by atoms with E-state index in [1.165, 1.54) is 22.6 Å². The van der Waals surface area contributed by atoms with Crippen LogP contribution in [0.3, 0.4) is 0 Å². The van der Waals surface area contributed by atoms with Crippen LogP contribution in [-0.2, 0) is 14.8 Å². The first-order chi connectivity index (χ1) is 8.39. The maximum Gasteiger partial charge on any atom is 0.260 e. The second kappa shape index (κ2) is 4.83. The van der Waals surface area contributed by atoms with Crippen molar-refractivity contribution in [3.8, 4) is 0 Å². The normalized spacial score (nSPS) is 26.1. The molecular formula is C11H17N3O3S. The molecule has 2 atom stereocenters. The van der Waals surface area contributed by atoms with Crippen LogP contribution in [0, 0.1) is 0 Å². The van der Waals surface area contributed by atoms with Gasteiger partial charge in [-0.2, -0.15) is 4.31 Å². The summed E-state index contributed by atoms with van der Waals surface area (Å²) in [6, 6.07) is 2.96. The van der Waals surface area contributed by atoms with Gasteiger partial charge in [0.2, 0.25) is 0 Å². The van der Waals surface area contributed by atoms with Crippen LogP contribution >= 0.6 is 0 Å². The molecular weight excluding hydrogens is 254 g/mol. The average Bonchev–Trinajstić information content (AvgIpc) is 2.28. The monoisotopic (exact) mass is 271 g/mol. The molecule has 6 nitrogen and oxygen atoms in total. The zero-order valence-electron chi connectivity index (χ0n) is 10.4. The highest BCUT2D eigenvalue weighted by Crippen LogP contribution is 2.19. The molecule has 1 aliphatic rings. The van der Waals surface area contributed by atoms with Gasteiger partial charge < -0.3 is 10.5 Å². The quantitative estimate of drug-likeness (QED) is 0.844. The Hall–Kier alpha value is -1.18. The minimum absolute atomic E-state index is 0.0259. The molecule has 100 valence electrons. The minimum Gasteiger partial charge on any atom is -0.397 e. The summed E-state index contributed by atoms with van der Waals surface area (Å²) in [6.45, 7) is 4.40. The molecule has 2 unspecified atom stereocenters. The maximum atomic E-state index is 12.4. The molecule has 0 spiro atoms. The third-order valence-electron chi connectivity index (χ3n) is 2.75. The lowest BCUT2D eigenvalue weighted by atomic mass is 10.3. The fourth-order valence-corrected chi connectivity index (χ4v) is 3.51. The van der Waals surface area contributed by atoms with Gasteiger partial charge in [0, 0.05) is 13.1 Å². The summed E-state index contributed by atoms with van der Waals surface area (Å²) in [5.41, 5.74) is 5.94. The number of nitrogens with zero attached hydrogens (tertiary/aromatic N) is 2. The van der Waals surface area contributed by atoms with Crippen molar-refractivity contribution in [3.05, 3.63) is 18.3 Å². The maximum absolute atomic E-state index is 12.4. The van der Waals surface area contributed by atoms with Crippen molar-refractivity contribution in [1.82, 2.24) is 9.29 Å². The lowest BCUT2D eigenvalue weighted by molar-refractivity contribution is -0.0441. The van der Waals surface area contributed by atoms with E-state index in [2.05, 4.69) is 4.98 Å². The van der Waals surface area contributed by atoms with E-state index >= 15 is 0 Å². The van der Waals surface area contributed by atoms with E-state index in [1.54, 1.807) is 0 Å². The molecule has 0 radical (unpaired) electrons. The van der Waals surface area contributed by atoms with Gasteiger partial charge in [-0.3, -0.25) is 0 Å². The number of sulfonamides is 1. The SMILES string of the molecule is CC1CN(S(=O)(=O)c2ccc(N)cn2)CC(C)O1. The van der Waals surface area contributed by atoms with Gasteiger partial charge in [0.15, 0.2) is 5.03 Å². The number of rotatable bonds is 2. The number of anilines is 1. The Morgan fingerprint density at radius 2 is 1.94 bits per heavy atom. The van der Waals surface area contributed by atoms with E-state index in [0.29, 0.717) is 18.8 Å². The molecule has 0 saturated carbocycles. The fourth-order valence-electron chi connectivity index (χ4n) is 2.00. The summed E-state index contributed by atoms with van der Waals surface area (Å²) in [5.74, 6) is 0. The Bertz CT molecular complexity index is 505. The van der Waals surface area contributed by atoms with Crippen molar-refractivity contribution in [2.45, 2.75) is 31.1 Å². The number of hydrogen-bond acceptors (Lipinski definition) is 5. The highest BCUT2D eigenvalue weighted by atomic mass is 32.2. The molecule has 1 fully saturated rings. The van der Waals surface area contributed by atoms with E-state index in [-0.39, 0.29) is 17.2 Å². The van der Waals surface area contributed by atoms with E-state index < -0.39 is 10.0 Å². The molecule has 1 aromatic rings. The molecule has 7 heteroatoms. The molecule has 1 saturated heterocycles. The number of nitrogen functional groups attached to an aromatic ring is 1. The van der Waals surface area contributed by atoms with E-state index in [1.807, 2.05) is 13.8 Å². The topological polar surface area (TPSA) is 85.5 Å². The summed E-state index contributed by atoms with van der Waals surface area (Å²) in [7, 11) is -3.56. The van der Waals surface area contributed by atoms with E-state index in [9.17, 15) is 8.42 Å². The first-order valence-electron chi connectivity index (χ1n) is 5.76. The third-order valence-corrected chi connectivity index (χ3v) is 4.50. The molecule has 1 aliphatic heterocycles. The Balaban J connectivity index is 2.28. The number of ether oxygens (including phenoxy) is 1. The predicted octanol–water partition coefficient (Wildman–Crippen LogP) is 0.462. The van der Waals surface area contributed by atoms with Gasteiger partial charge in [-0.1, -0.05) is 0 Å². The average molecular weight is 271 g/mol. The van der Waals surface area contributed by atoms with Crippen LogP contribution in [0.1, 0.15) is 13.8 Å². The number of nitrogens with two attached hydrogens (primary N) is 1. The standard InChI is InChI=1S/C11H17N3O3S/c1-8-6-14(7-9(2)17-8)18(15,16)11-4-3-10(12)5-13-11/h3-5,8-9H,6-7,12H2,1-2H3. The molecule has 0 amide bonds. The van der Waals surface area contributed by atoms with Crippen LogP contribution in [0.4, 0.5) is 5.69 Å². The lowest BCUT2D eigenvalue weighted by Crippen LogP contribution is -2.48. The van der Waals surface area contributed by atoms with Gasteiger partial charge >= 0.3 is 0 Å². The van der Waals surface area contributed by atoms with E-state index in [0.717, 1.165) is 0 Å². The van der Waals surface area contributed by atoms with Crippen molar-refractivity contribution < 1.29 is 13.2 Å². The van der Waals surface area contributed by atoms with Crippen molar-refractivity contribution in [1.29, 1.82) is 0 Å². The third kappa shape index (κ3) is 2.63. The van der Waals surface area contributed by atoms with Crippen molar-refractivity contribution >= 4 is 15.7 Å². The van der Waals surface area contributed by atoms with Crippen LogP contribution in [0.2, 0.25) is 0 Å². The van der Waals surface area contributed by atoms with E-state index in [4.69, 9.17) is 10.5 Å². The number of aromatic nitrogens is 1. The van der Waals surface area contributed by atoms with Crippen LogP contribution in [-0.4, -0.2) is 43.0 Å². The second-order valence-corrected chi connectivity index (χ2v) is 6.39. The fraction of sp³-hybridized carbons (Fsp3) is 0.545.